The van der Waals surface area contributed by atoms with E-state index in [-0.39, 0.29) is 11.5 Å². The number of hydrogen-bond acceptors (Lipinski definition) is 6. The minimum atomic E-state index is -0.515. The van der Waals surface area contributed by atoms with E-state index >= 15 is 0 Å². The molecule has 9 nitrogen and oxygen atoms in total. The Morgan fingerprint density at radius 2 is 1.93 bits per heavy atom. The Kier molecular flexibility index (Phi) is 6.16. The second-order valence-electron chi connectivity index (χ2n) is 7.31. The van der Waals surface area contributed by atoms with Gasteiger partial charge in [-0.05, 0) is 43.5 Å². The van der Waals surface area contributed by atoms with E-state index in [1.807, 2.05) is 11.0 Å². The van der Waals surface area contributed by atoms with Crippen LogP contribution in [0.4, 0.5) is 5.82 Å². The standard InChI is InChI=1S/C21H24N6O3/c1-13-16(14(2)25-21(30)17(13)11-22)4-6-19(28)27-9-7-26(8-10-27)18-5-3-15(12-24-18)20(23)29/h3,5,12H,4,6-10H2,1-2H3,(H2,23,29)(H,25,30). The summed E-state index contributed by atoms with van der Waals surface area (Å²) in [7, 11) is 0. The van der Waals surface area contributed by atoms with Crippen LogP contribution in [0.15, 0.2) is 23.1 Å². The van der Waals surface area contributed by atoms with Crippen LogP contribution in [0, 0.1) is 25.2 Å². The topological polar surface area (TPSA) is 136 Å². The first-order chi connectivity index (χ1) is 14.3. The molecule has 3 heterocycles. The SMILES string of the molecule is Cc1[nH]c(=O)c(C#N)c(C)c1CCC(=O)N1CCN(c2ccc(C(N)=O)cn2)CC1. The molecular weight excluding hydrogens is 384 g/mol. The fourth-order valence-corrected chi connectivity index (χ4v) is 3.71. The van der Waals surface area contributed by atoms with E-state index in [1.165, 1.54) is 6.20 Å². The van der Waals surface area contributed by atoms with Gasteiger partial charge >= 0.3 is 0 Å². The number of primary amides is 1. The van der Waals surface area contributed by atoms with Crippen LogP contribution in [-0.2, 0) is 11.2 Å². The van der Waals surface area contributed by atoms with E-state index in [2.05, 4.69) is 14.9 Å². The molecule has 30 heavy (non-hydrogen) atoms. The van der Waals surface area contributed by atoms with Crippen LogP contribution in [-0.4, -0.2) is 52.9 Å². The Labute approximate surface area is 174 Å². The number of nitrogens with zero attached hydrogens (tertiary/aromatic N) is 4. The molecule has 0 radical (unpaired) electrons. The molecule has 0 saturated carbocycles. The fraction of sp³-hybridized carbons (Fsp3) is 0.381. The highest BCUT2D eigenvalue weighted by molar-refractivity contribution is 5.92. The van der Waals surface area contributed by atoms with Gasteiger partial charge in [0.15, 0.2) is 0 Å². The van der Waals surface area contributed by atoms with Crippen LogP contribution in [0.5, 0.6) is 0 Å². The number of aromatic nitrogens is 2. The van der Waals surface area contributed by atoms with Crippen molar-refractivity contribution >= 4 is 17.6 Å². The molecule has 0 bridgehead atoms. The quantitative estimate of drug-likeness (QED) is 0.745. The molecule has 156 valence electrons. The number of aryl methyl sites for hydroxylation is 1. The Morgan fingerprint density at radius 1 is 1.23 bits per heavy atom. The zero-order chi connectivity index (χ0) is 21.8. The number of aromatic amines is 1. The summed E-state index contributed by atoms with van der Waals surface area (Å²) in [5.74, 6) is 0.269. The van der Waals surface area contributed by atoms with E-state index < -0.39 is 11.5 Å². The summed E-state index contributed by atoms with van der Waals surface area (Å²) in [6.07, 6.45) is 2.24. The van der Waals surface area contributed by atoms with Crippen LogP contribution < -0.4 is 16.2 Å². The van der Waals surface area contributed by atoms with Crippen LogP contribution >= 0.6 is 0 Å². The van der Waals surface area contributed by atoms with Gasteiger partial charge in [-0.1, -0.05) is 0 Å². The first-order valence-electron chi connectivity index (χ1n) is 9.73. The molecule has 1 aliphatic rings. The van der Waals surface area contributed by atoms with Gasteiger partial charge in [0.05, 0.1) is 5.56 Å². The molecular formula is C21H24N6O3. The van der Waals surface area contributed by atoms with Crippen molar-refractivity contribution < 1.29 is 9.59 Å². The molecule has 9 heteroatoms. The van der Waals surface area contributed by atoms with Crippen molar-refractivity contribution in [2.24, 2.45) is 5.73 Å². The van der Waals surface area contributed by atoms with Gasteiger partial charge in [-0.25, -0.2) is 4.98 Å². The minimum absolute atomic E-state index is 0.0372. The van der Waals surface area contributed by atoms with Crippen LogP contribution in [0.25, 0.3) is 0 Å². The van der Waals surface area contributed by atoms with Crippen molar-refractivity contribution in [1.29, 1.82) is 5.26 Å². The zero-order valence-electron chi connectivity index (χ0n) is 17.1. The molecule has 1 fully saturated rings. The van der Waals surface area contributed by atoms with Crippen molar-refractivity contribution in [1.82, 2.24) is 14.9 Å². The van der Waals surface area contributed by atoms with Crippen molar-refractivity contribution in [3.05, 3.63) is 56.6 Å². The number of carbonyl (C=O) groups excluding carboxylic acids is 2. The third kappa shape index (κ3) is 4.33. The summed E-state index contributed by atoms with van der Waals surface area (Å²) in [5.41, 5.74) is 7.49. The van der Waals surface area contributed by atoms with E-state index in [0.29, 0.717) is 55.8 Å². The minimum Gasteiger partial charge on any atom is -0.366 e. The number of nitrogens with one attached hydrogen (secondary N) is 1. The lowest BCUT2D eigenvalue weighted by Gasteiger charge is -2.35. The summed E-state index contributed by atoms with van der Waals surface area (Å²) in [5, 5.41) is 9.18. The smallest absolute Gasteiger partial charge is 0.266 e. The number of anilines is 1. The Balaban J connectivity index is 1.58. The maximum absolute atomic E-state index is 12.7. The highest BCUT2D eigenvalue weighted by atomic mass is 16.2. The predicted molar refractivity (Wildman–Crippen MR) is 111 cm³/mol. The summed E-state index contributed by atoms with van der Waals surface area (Å²) in [4.78, 5) is 46.5. The Hall–Kier alpha value is -3.67. The first kappa shape index (κ1) is 21.0. The summed E-state index contributed by atoms with van der Waals surface area (Å²) in [6, 6.07) is 5.34. The second-order valence-corrected chi connectivity index (χ2v) is 7.31. The monoisotopic (exact) mass is 408 g/mol. The third-order valence-electron chi connectivity index (χ3n) is 5.50. The molecule has 0 aliphatic carbocycles. The second kappa shape index (κ2) is 8.78. The van der Waals surface area contributed by atoms with Crippen molar-refractivity contribution in [3.8, 4) is 6.07 Å². The molecule has 1 aliphatic heterocycles. The van der Waals surface area contributed by atoms with Gasteiger partial charge in [-0.15, -0.1) is 0 Å². The molecule has 0 unspecified atom stereocenters. The van der Waals surface area contributed by atoms with Gasteiger partial charge in [0.25, 0.3) is 5.56 Å². The molecule has 2 aromatic rings. The fourth-order valence-electron chi connectivity index (χ4n) is 3.71. The van der Waals surface area contributed by atoms with Gasteiger partial charge in [0.1, 0.15) is 17.5 Å². The van der Waals surface area contributed by atoms with E-state index in [0.717, 1.165) is 11.4 Å². The molecule has 3 N–H and O–H groups in total. The summed E-state index contributed by atoms with van der Waals surface area (Å²) < 4.78 is 0. The average Bonchev–Trinajstić information content (AvgIpc) is 2.73. The number of pyridine rings is 2. The van der Waals surface area contributed by atoms with Gasteiger partial charge in [0.2, 0.25) is 11.8 Å². The third-order valence-corrected chi connectivity index (χ3v) is 5.50. The Morgan fingerprint density at radius 3 is 2.50 bits per heavy atom. The van der Waals surface area contributed by atoms with Crippen molar-refractivity contribution in [2.45, 2.75) is 26.7 Å². The summed E-state index contributed by atoms with van der Waals surface area (Å²) >= 11 is 0. The molecule has 0 aromatic carbocycles. The maximum Gasteiger partial charge on any atom is 0.266 e. The van der Waals surface area contributed by atoms with Gasteiger partial charge in [-0.3, -0.25) is 14.4 Å². The average molecular weight is 408 g/mol. The van der Waals surface area contributed by atoms with E-state index in [1.54, 1.807) is 26.0 Å². The van der Waals surface area contributed by atoms with E-state index in [9.17, 15) is 19.6 Å². The largest absolute Gasteiger partial charge is 0.366 e. The van der Waals surface area contributed by atoms with Gasteiger partial charge < -0.3 is 20.5 Å². The number of nitriles is 1. The highest BCUT2D eigenvalue weighted by Gasteiger charge is 2.22. The van der Waals surface area contributed by atoms with Crippen molar-refractivity contribution in [3.63, 3.8) is 0 Å². The number of hydrogen-bond donors (Lipinski definition) is 2. The number of amides is 2. The lowest BCUT2D eigenvalue weighted by Crippen LogP contribution is -2.49. The van der Waals surface area contributed by atoms with Crippen LogP contribution in [0.1, 0.15) is 39.2 Å². The van der Waals surface area contributed by atoms with Crippen LogP contribution in [0.3, 0.4) is 0 Å². The number of H-pyrrole nitrogens is 1. The van der Waals surface area contributed by atoms with Crippen molar-refractivity contribution in [2.75, 3.05) is 31.1 Å². The molecule has 1 saturated heterocycles. The molecule has 2 aromatic heterocycles. The van der Waals surface area contributed by atoms with E-state index in [4.69, 9.17) is 5.73 Å². The predicted octanol–water partition coefficient (Wildman–Crippen LogP) is 0.639. The maximum atomic E-state index is 12.7. The number of nitrogens with two attached hydrogens (primary N) is 1. The van der Waals surface area contributed by atoms with Crippen LogP contribution in [0.2, 0.25) is 0 Å². The van der Waals surface area contributed by atoms with Gasteiger partial charge in [-0.2, -0.15) is 5.26 Å². The molecule has 2 amide bonds. The first-order valence-corrected chi connectivity index (χ1v) is 9.73. The highest BCUT2D eigenvalue weighted by Crippen LogP contribution is 2.17. The molecule has 0 spiro atoms. The lowest BCUT2D eigenvalue weighted by atomic mass is 9.99. The summed E-state index contributed by atoms with van der Waals surface area (Å²) in [6.45, 7) is 5.96. The number of rotatable bonds is 5. The lowest BCUT2D eigenvalue weighted by molar-refractivity contribution is -0.131. The number of piperazine rings is 1. The van der Waals surface area contributed by atoms with Gasteiger partial charge in [0, 0.05) is 44.5 Å². The molecule has 3 rings (SSSR count). The Bertz CT molecular complexity index is 1060. The number of carbonyl (C=O) groups is 2. The molecule has 0 atom stereocenters. The normalized spacial score (nSPS) is 13.8. The zero-order valence-corrected chi connectivity index (χ0v) is 17.1.